The summed E-state index contributed by atoms with van der Waals surface area (Å²) in [5, 5.41) is 0. The van der Waals surface area contributed by atoms with Gasteiger partial charge in [-0.3, -0.25) is 4.72 Å². The Labute approximate surface area is 77.0 Å². The van der Waals surface area contributed by atoms with Crippen molar-refractivity contribution in [3.63, 3.8) is 0 Å². The molecule has 0 spiro atoms. The summed E-state index contributed by atoms with van der Waals surface area (Å²) in [6, 6.07) is 5.00. The second-order valence-electron chi connectivity index (χ2n) is 2.59. The van der Waals surface area contributed by atoms with Gasteiger partial charge in [0.1, 0.15) is 5.82 Å². The summed E-state index contributed by atoms with van der Waals surface area (Å²) in [4.78, 5) is 3.96. The summed E-state index contributed by atoms with van der Waals surface area (Å²) in [5.41, 5.74) is 5.99. The Hall–Kier alpha value is -1.14. The lowest BCUT2D eigenvalue weighted by molar-refractivity contribution is 0.606. The highest BCUT2D eigenvalue weighted by atomic mass is 32.2. The van der Waals surface area contributed by atoms with Crippen LogP contribution in [0.5, 0.6) is 0 Å². The smallest absolute Gasteiger partial charge is 0.230 e. The van der Waals surface area contributed by atoms with E-state index in [-0.39, 0.29) is 0 Å². The van der Waals surface area contributed by atoms with E-state index < -0.39 is 10.0 Å². The molecule has 0 aliphatic heterocycles. The molecule has 0 amide bonds. The Morgan fingerprint density at radius 1 is 1.54 bits per heavy atom. The average molecular weight is 201 g/mol. The Bertz CT molecular complexity index is 388. The zero-order chi connectivity index (χ0) is 9.90. The fraction of sp³-hybridized carbons (Fsp3) is 0.286. The number of nitrogens with one attached hydrogen (secondary N) is 1. The molecule has 0 radical (unpaired) electrons. The van der Waals surface area contributed by atoms with Crippen LogP contribution in [0.1, 0.15) is 5.69 Å². The van der Waals surface area contributed by atoms with Crippen molar-refractivity contribution in [2.75, 3.05) is 11.0 Å². The fourth-order valence-corrected chi connectivity index (χ4v) is 1.33. The summed E-state index contributed by atoms with van der Waals surface area (Å²) in [6.07, 6.45) is 1.07. The third kappa shape index (κ3) is 3.39. The molecule has 0 atom stereocenters. The molecule has 0 saturated heterocycles. The second-order valence-corrected chi connectivity index (χ2v) is 4.34. The normalized spacial score (nSPS) is 11.2. The van der Waals surface area contributed by atoms with Gasteiger partial charge in [-0.15, -0.1) is 0 Å². The van der Waals surface area contributed by atoms with E-state index >= 15 is 0 Å². The Kier molecular flexibility index (Phi) is 2.84. The first-order valence-electron chi connectivity index (χ1n) is 3.65. The van der Waals surface area contributed by atoms with Gasteiger partial charge in [-0.1, -0.05) is 6.07 Å². The molecule has 0 aliphatic carbocycles. The predicted molar refractivity (Wildman–Crippen MR) is 50.6 cm³/mol. The minimum absolute atomic E-state index is 0.291. The van der Waals surface area contributed by atoms with Gasteiger partial charge >= 0.3 is 0 Å². The van der Waals surface area contributed by atoms with Crippen LogP contribution in [0, 0.1) is 0 Å². The lowest BCUT2D eigenvalue weighted by atomic mass is 10.3. The van der Waals surface area contributed by atoms with Crippen LogP contribution in [-0.4, -0.2) is 19.7 Å². The minimum atomic E-state index is -3.26. The van der Waals surface area contributed by atoms with Crippen LogP contribution in [0.3, 0.4) is 0 Å². The van der Waals surface area contributed by atoms with E-state index in [4.69, 9.17) is 5.73 Å². The van der Waals surface area contributed by atoms with E-state index in [0.29, 0.717) is 18.1 Å². The molecule has 1 aromatic rings. The molecular formula is C7H11N3O2S. The molecule has 1 aromatic heterocycles. The third-order valence-corrected chi connectivity index (χ3v) is 1.89. The van der Waals surface area contributed by atoms with Gasteiger partial charge in [-0.05, 0) is 12.1 Å². The van der Waals surface area contributed by atoms with E-state index in [1.807, 2.05) is 0 Å². The molecule has 3 N–H and O–H groups in total. The SMILES string of the molecule is CS(=O)(=O)Nc1cccc(CN)n1. The van der Waals surface area contributed by atoms with Crippen molar-refractivity contribution in [2.45, 2.75) is 6.54 Å². The van der Waals surface area contributed by atoms with Crippen molar-refractivity contribution in [3.8, 4) is 0 Å². The topological polar surface area (TPSA) is 85.1 Å². The van der Waals surface area contributed by atoms with Gasteiger partial charge in [0.15, 0.2) is 0 Å². The first-order valence-corrected chi connectivity index (χ1v) is 5.54. The largest absolute Gasteiger partial charge is 0.325 e. The van der Waals surface area contributed by atoms with Crippen molar-refractivity contribution >= 4 is 15.8 Å². The molecule has 5 nitrogen and oxygen atoms in total. The standard InChI is InChI=1S/C7H11N3O2S/c1-13(11,12)10-7-4-2-3-6(5-8)9-7/h2-4H,5,8H2,1H3,(H,9,10). The number of rotatable bonds is 3. The lowest BCUT2D eigenvalue weighted by Crippen LogP contribution is -2.11. The summed E-state index contributed by atoms with van der Waals surface area (Å²) >= 11 is 0. The highest BCUT2D eigenvalue weighted by molar-refractivity contribution is 7.92. The fourth-order valence-electron chi connectivity index (χ4n) is 0.840. The van der Waals surface area contributed by atoms with Crippen LogP contribution in [0.4, 0.5) is 5.82 Å². The summed E-state index contributed by atoms with van der Waals surface area (Å²) in [6.45, 7) is 0.291. The first kappa shape index (κ1) is 9.94. The van der Waals surface area contributed by atoms with Crippen LogP contribution in [-0.2, 0) is 16.6 Å². The molecular weight excluding hydrogens is 190 g/mol. The zero-order valence-corrected chi connectivity index (χ0v) is 8.00. The maximum Gasteiger partial charge on any atom is 0.230 e. The molecule has 0 saturated carbocycles. The number of sulfonamides is 1. The maximum atomic E-state index is 10.8. The maximum absolute atomic E-state index is 10.8. The van der Waals surface area contributed by atoms with Crippen LogP contribution < -0.4 is 10.5 Å². The van der Waals surface area contributed by atoms with E-state index in [1.54, 1.807) is 18.2 Å². The quantitative estimate of drug-likeness (QED) is 0.715. The lowest BCUT2D eigenvalue weighted by Gasteiger charge is -2.03. The van der Waals surface area contributed by atoms with Crippen molar-refractivity contribution in [1.82, 2.24) is 4.98 Å². The second kappa shape index (κ2) is 3.71. The van der Waals surface area contributed by atoms with Crippen LogP contribution in [0.15, 0.2) is 18.2 Å². The highest BCUT2D eigenvalue weighted by Crippen LogP contribution is 2.05. The molecule has 1 rings (SSSR count). The van der Waals surface area contributed by atoms with E-state index in [9.17, 15) is 8.42 Å². The number of anilines is 1. The Morgan fingerprint density at radius 2 is 2.23 bits per heavy atom. The first-order chi connectivity index (χ1) is 6.01. The van der Waals surface area contributed by atoms with Gasteiger partial charge in [-0.2, -0.15) is 0 Å². The minimum Gasteiger partial charge on any atom is -0.325 e. The number of nitrogens with two attached hydrogens (primary N) is 1. The molecule has 0 unspecified atom stereocenters. The molecule has 13 heavy (non-hydrogen) atoms. The summed E-state index contributed by atoms with van der Waals surface area (Å²) < 4.78 is 23.9. The van der Waals surface area contributed by atoms with Gasteiger partial charge in [0.25, 0.3) is 0 Å². The van der Waals surface area contributed by atoms with Crippen LogP contribution in [0.25, 0.3) is 0 Å². The number of aromatic nitrogens is 1. The van der Waals surface area contributed by atoms with Crippen molar-refractivity contribution < 1.29 is 8.42 Å². The van der Waals surface area contributed by atoms with Gasteiger partial charge in [0.05, 0.1) is 11.9 Å². The zero-order valence-electron chi connectivity index (χ0n) is 7.19. The van der Waals surface area contributed by atoms with Crippen molar-refractivity contribution in [3.05, 3.63) is 23.9 Å². The van der Waals surface area contributed by atoms with Gasteiger partial charge in [0, 0.05) is 6.54 Å². The molecule has 0 bridgehead atoms. The van der Waals surface area contributed by atoms with Gasteiger partial charge in [0.2, 0.25) is 10.0 Å². The number of hydrogen-bond donors (Lipinski definition) is 2. The van der Waals surface area contributed by atoms with E-state index in [0.717, 1.165) is 6.26 Å². The molecule has 0 aromatic carbocycles. The van der Waals surface area contributed by atoms with Crippen molar-refractivity contribution in [1.29, 1.82) is 0 Å². The monoisotopic (exact) mass is 201 g/mol. The van der Waals surface area contributed by atoms with Crippen LogP contribution in [0.2, 0.25) is 0 Å². The van der Waals surface area contributed by atoms with E-state index in [2.05, 4.69) is 9.71 Å². The molecule has 0 aliphatic rings. The van der Waals surface area contributed by atoms with E-state index in [1.165, 1.54) is 0 Å². The number of pyridine rings is 1. The number of hydrogen-bond acceptors (Lipinski definition) is 4. The van der Waals surface area contributed by atoms with Gasteiger partial charge < -0.3 is 5.73 Å². The molecule has 0 fully saturated rings. The summed E-state index contributed by atoms with van der Waals surface area (Å²) in [7, 11) is -3.26. The highest BCUT2D eigenvalue weighted by Gasteiger charge is 2.02. The number of nitrogens with zero attached hydrogens (tertiary/aromatic N) is 1. The molecule has 1 heterocycles. The molecule has 6 heteroatoms. The van der Waals surface area contributed by atoms with Gasteiger partial charge in [-0.25, -0.2) is 13.4 Å². The van der Waals surface area contributed by atoms with Crippen LogP contribution >= 0.6 is 0 Å². The average Bonchev–Trinajstić information content (AvgIpc) is 2.01. The van der Waals surface area contributed by atoms with Crippen molar-refractivity contribution in [2.24, 2.45) is 5.73 Å². The Morgan fingerprint density at radius 3 is 2.77 bits per heavy atom. The predicted octanol–water partition coefficient (Wildman–Crippen LogP) is -0.0882. The Balaban J connectivity index is 2.90. The summed E-state index contributed by atoms with van der Waals surface area (Å²) in [5.74, 6) is 0.297. The third-order valence-electron chi connectivity index (χ3n) is 1.31. The molecule has 72 valence electrons.